The fourth-order valence-corrected chi connectivity index (χ4v) is 9.83. The second kappa shape index (κ2) is 11.5. The second-order valence-electron chi connectivity index (χ2n) is 12.5. The minimum Gasteiger partial charge on any atom is -0.308 e. The molecular weight excluding hydrogens is 631 g/mol. The number of hydrogen-bond acceptors (Lipinski definition) is 3. The molecule has 0 aliphatic carbocycles. The van der Waals surface area contributed by atoms with Gasteiger partial charge in [0.25, 0.3) is 0 Å². The summed E-state index contributed by atoms with van der Waals surface area (Å²) < 4.78 is 5.19. The molecular formula is C46H29NS2. The Kier molecular flexibility index (Phi) is 6.61. The number of fused-ring (bicyclic) bond motifs is 7. The summed E-state index contributed by atoms with van der Waals surface area (Å²) in [7, 11) is 0. The van der Waals surface area contributed by atoms with E-state index in [2.05, 4.69) is 181 Å². The Morgan fingerprint density at radius 1 is 0.347 bits per heavy atom. The van der Waals surface area contributed by atoms with Crippen molar-refractivity contribution in [2.24, 2.45) is 0 Å². The zero-order valence-corrected chi connectivity index (χ0v) is 28.1. The number of nitrogens with zero attached hydrogens (tertiary/aromatic N) is 1. The molecule has 2 aromatic heterocycles. The van der Waals surface area contributed by atoms with Crippen molar-refractivity contribution >= 4 is 90.9 Å². The fourth-order valence-electron chi connectivity index (χ4n) is 7.47. The van der Waals surface area contributed by atoms with Crippen LogP contribution in [0, 0.1) is 0 Å². The van der Waals surface area contributed by atoms with Gasteiger partial charge in [0.2, 0.25) is 0 Å². The molecule has 0 radical (unpaired) electrons. The summed E-state index contributed by atoms with van der Waals surface area (Å²) in [6.45, 7) is 0. The predicted molar refractivity (Wildman–Crippen MR) is 215 cm³/mol. The SMILES string of the molecule is c1ccc(-c2ccc(N(c3ccc(-c4cccc5ccccc45)cc3)c3cccc4sc5ccccc5c34)c3sc4ccccc4c23)cc1. The summed E-state index contributed by atoms with van der Waals surface area (Å²) in [6, 6.07) is 64.3. The van der Waals surface area contributed by atoms with Gasteiger partial charge >= 0.3 is 0 Å². The molecule has 49 heavy (non-hydrogen) atoms. The van der Waals surface area contributed by atoms with Crippen LogP contribution in [0.5, 0.6) is 0 Å². The average molecular weight is 660 g/mol. The van der Waals surface area contributed by atoms with Gasteiger partial charge in [-0.25, -0.2) is 0 Å². The van der Waals surface area contributed by atoms with Crippen LogP contribution in [0.25, 0.3) is 73.4 Å². The van der Waals surface area contributed by atoms with Crippen LogP contribution >= 0.6 is 22.7 Å². The third kappa shape index (κ3) is 4.58. The molecule has 1 nitrogen and oxygen atoms in total. The van der Waals surface area contributed by atoms with Gasteiger partial charge in [-0.1, -0.05) is 133 Å². The van der Waals surface area contributed by atoms with Crippen LogP contribution in [0.15, 0.2) is 176 Å². The monoisotopic (exact) mass is 659 g/mol. The van der Waals surface area contributed by atoms with Crippen LogP contribution in [0.1, 0.15) is 0 Å². The molecule has 0 aliphatic rings. The minimum atomic E-state index is 1.14. The lowest BCUT2D eigenvalue weighted by Gasteiger charge is -2.28. The average Bonchev–Trinajstić information content (AvgIpc) is 3.75. The van der Waals surface area contributed by atoms with Crippen LogP contribution < -0.4 is 4.90 Å². The van der Waals surface area contributed by atoms with Gasteiger partial charge in [-0.2, -0.15) is 0 Å². The second-order valence-corrected chi connectivity index (χ2v) is 14.6. The Morgan fingerprint density at radius 2 is 0.959 bits per heavy atom. The smallest absolute Gasteiger partial charge is 0.0641 e. The molecule has 0 aliphatic heterocycles. The molecule has 0 fully saturated rings. The maximum absolute atomic E-state index is 2.50. The molecule has 0 N–H and O–H groups in total. The molecule has 10 rings (SSSR count). The maximum Gasteiger partial charge on any atom is 0.0641 e. The highest BCUT2D eigenvalue weighted by molar-refractivity contribution is 7.26. The summed E-state index contributed by atoms with van der Waals surface area (Å²) in [6.07, 6.45) is 0. The largest absolute Gasteiger partial charge is 0.308 e. The van der Waals surface area contributed by atoms with Crippen LogP contribution in [0.4, 0.5) is 17.1 Å². The highest BCUT2D eigenvalue weighted by Gasteiger charge is 2.23. The minimum absolute atomic E-state index is 1.14. The van der Waals surface area contributed by atoms with E-state index in [1.165, 1.54) is 84.7 Å². The van der Waals surface area contributed by atoms with E-state index in [1.807, 2.05) is 22.7 Å². The van der Waals surface area contributed by atoms with Crippen molar-refractivity contribution in [1.82, 2.24) is 0 Å². The highest BCUT2D eigenvalue weighted by Crippen LogP contribution is 2.51. The van der Waals surface area contributed by atoms with Gasteiger partial charge in [-0.15, -0.1) is 22.7 Å². The number of rotatable bonds is 5. The molecule has 230 valence electrons. The van der Waals surface area contributed by atoms with E-state index in [9.17, 15) is 0 Å². The van der Waals surface area contributed by atoms with E-state index >= 15 is 0 Å². The zero-order valence-electron chi connectivity index (χ0n) is 26.5. The third-order valence-corrected chi connectivity index (χ3v) is 12.0. The molecule has 8 aromatic carbocycles. The topological polar surface area (TPSA) is 3.24 Å². The van der Waals surface area contributed by atoms with Crippen LogP contribution in [0.2, 0.25) is 0 Å². The molecule has 0 atom stereocenters. The van der Waals surface area contributed by atoms with E-state index in [0.29, 0.717) is 0 Å². The fraction of sp³-hybridized carbons (Fsp3) is 0. The van der Waals surface area contributed by atoms with E-state index in [-0.39, 0.29) is 0 Å². The Labute approximate surface area is 292 Å². The maximum atomic E-state index is 2.50. The number of anilines is 3. The lowest BCUT2D eigenvalue weighted by Crippen LogP contribution is -2.10. The van der Waals surface area contributed by atoms with Crippen LogP contribution in [-0.2, 0) is 0 Å². The standard InChI is InChI=1S/C46H29NS2/c1-2-12-31(13-3-1)36-28-29-40(46-44(36)37-17-6-9-22-42(37)49-46)47(39-20-11-23-43-45(39)38-18-7-8-21-41(38)48-43)33-26-24-32(25-27-33)35-19-10-15-30-14-4-5-16-34(30)35/h1-29H. The van der Waals surface area contributed by atoms with Crippen molar-refractivity contribution < 1.29 is 0 Å². The van der Waals surface area contributed by atoms with Crippen molar-refractivity contribution in [3.05, 3.63) is 176 Å². The summed E-state index contributed by atoms with van der Waals surface area (Å²) in [4.78, 5) is 2.50. The zero-order chi connectivity index (χ0) is 32.3. The van der Waals surface area contributed by atoms with Crippen molar-refractivity contribution in [3.63, 3.8) is 0 Å². The van der Waals surface area contributed by atoms with E-state index in [4.69, 9.17) is 0 Å². The van der Waals surface area contributed by atoms with Gasteiger partial charge in [-0.05, 0) is 75.5 Å². The van der Waals surface area contributed by atoms with Gasteiger partial charge in [0.15, 0.2) is 0 Å². The first-order chi connectivity index (χ1) is 24.3. The first kappa shape index (κ1) is 28.3. The van der Waals surface area contributed by atoms with Crippen LogP contribution in [-0.4, -0.2) is 0 Å². The normalized spacial score (nSPS) is 11.7. The van der Waals surface area contributed by atoms with Gasteiger partial charge in [0, 0.05) is 41.3 Å². The molecule has 0 saturated carbocycles. The third-order valence-electron chi connectivity index (χ3n) is 9.68. The van der Waals surface area contributed by atoms with Gasteiger partial charge in [0.05, 0.1) is 16.1 Å². The number of hydrogen-bond donors (Lipinski definition) is 0. The van der Waals surface area contributed by atoms with E-state index in [1.54, 1.807) is 0 Å². The first-order valence-electron chi connectivity index (χ1n) is 16.6. The van der Waals surface area contributed by atoms with Crippen molar-refractivity contribution in [2.75, 3.05) is 4.90 Å². The molecule has 2 heterocycles. The first-order valence-corrected chi connectivity index (χ1v) is 18.2. The lowest BCUT2D eigenvalue weighted by atomic mass is 9.97. The summed E-state index contributed by atoms with van der Waals surface area (Å²) in [5.41, 5.74) is 8.49. The van der Waals surface area contributed by atoms with Gasteiger partial charge in [0.1, 0.15) is 0 Å². The quantitative estimate of drug-likeness (QED) is 0.178. The van der Waals surface area contributed by atoms with E-state index in [0.717, 1.165) is 5.69 Å². The molecule has 0 bridgehead atoms. The van der Waals surface area contributed by atoms with Crippen LogP contribution in [0.3, 0.4) is 0 Å². The molecule has 0 spiro atoms. The lowest BCUT2D eigenvalue weighted by molar-refractivity contribution is 1.32. The molecule has 0 amide bonds. The van der Waals surface area contributed by atoms with Crippen molar-refractivity contribution in [2.45, 2.75) is 0 Å². The number of thiophene rings is 2. The summed E-state index contributed by atoms with van der Waals surface area (Å²) in [5.74, 6) is 0. The van der Waals surface area contributed by atoms with Gasteiger partial charge in [-0.3, -0.25) is 0 Å². The van der Waals surface area contributed by atoms with Crippen molar-refractivity contribution in [1.29, 1.82) is 0 Å². The summed E-state index contributed by atoms with van der Waals surface area (Å²) in [5, 5.41) is 7.73. The van der Waals surface area contributed by atoms with Gasteiger partial charge < -0.3 is 4.90 Å². The Morgan fingerprint density at radius 3 is 1.78 bits per heavy atom. The molecule has 10 aromatic rings. The highest BCUT2D eigenvalue weighted by atomic mass is 32.1. The molecule has 0 saturated heterocycles. The van der Waals surface area contributed by atoms with Crippen molar-refractivity contribution in [3.8, 4) is 22.3 Å². The molecule has 3 heteroatoms. The predicted octanol–water partition coefficient (Wildman–Crippen LogP) is 14.4. The number of benzene rings is 8. The Balaban J connectivity index is 1.25. The Bertz CT molecular complexity index is 2820. The molecule has 0 unspecified atom stereocenters. The summed E-state index contributed by atoms with van der Waals surface area (Å²) >= 11 is 3.76. The Hall–Kier alpha value is -5.74. The van der Waals surface area contributed by atoms with E-state index < -0.39 is 0 Å².